The van der Waals surface area contributed by atoms with Crippen LogP contribution in [0.5, 0.6) is 0 Å². The van der Waals surface area contributed by atoms with Gasteiger partial charge in [-0.25, -0.2) is 4.98 Å². The maximum Gasteiger partial charge on any atom is 0.227 e. The summed E-state index contributed by atoms with van der Waals surface area (Å²) in [7, 11) is 0. The monoisotopic (exact) mass is 382 g/mol. The van der Waals surface area contributed by atoms with Crippen molar-refractivity contribution in [1.82, 2.24) is 24.9 Å². The molecule has 8 heteroatoms. The lowest BCUT2D eigenvalue weighted by Gasteiger charge is -2.33. The first-order valence-electron chi connectivity index (χ1n) is 9.77. The van der Waals surface area contributed by atoms with Crippen molar-refractivity contribution in [2.24, 2.45) is 5.92 Å². The van der Waals surface area contributed by atoms with E-state index in [9.17, 15) is 4.79 Å². The third-order valence-corrected chi connectivity index (χ3v) is 5.52. The molecule has 0 radical (unpaired) electrons. The molecule has 1 aliphatic rings. The molecule has 2 atom stereocenters. The lowest BCUT2D eigenvalue weighted by Crippen LogP contribution is -2.42. The molecule has 1 aliphatic heterocycles. The number of hydrogen-bond acceptors (Lipinski definition) is 6. The number of rotatable bonds is 5. The first kappa shape index (κ1) is 18.5. The Morgan fingerprint density at radius 1 is 1.43 bits per heavy atom. The highest BCUT2D eigenvalue weighted by molar-refractivity contribution is 5.83. The summed E-state index contributed by atoms with van der Waals surface area (Å²) < 4.78 is 7.44. The van der Waals surface area contributed by atoms with E-state index in [1.807, 2.05) is 37.4 Å². The molecule has 0 aromatic carbocycles. The van der Waals surface area contributed by atoms with Gasteiger partial charge in [0.25, 0.3) is 0 Å². The first-order chi connectivity index (χ1) is 13.5. The maximum absolute atomic E-state index is 12.6. The quantitative estimate of drug-likeness (QED) is 0.729. The molecule has 0 spiro atoms. The summed E-state index contributed by atoms with van der Waals surface area (Å²) in [5.74, 6) is 2.71. The predicted molar refractivity (Wildman–Crippen MR) is 105 cm³/mol. The molecule has 0 unspecified atom stereocenters. The zero-order chi connectivity index (χ0) is 19.7. The fraction of sp³-hybridized carbons (Fsp3) is 0.500. The summed E-state index contributed by atoms with van der Waals surface area (Å²) in [6.45, 7) is 8.18. The standard InChI is InChI=1S/C20H26N6O2/c1-13-9-17(15(3)28-13)14(2)20(27)22-10-16-5-4-7-25(11-16)18-19-24-23-12-26(19)8-6-21-18/h6,8-9,12,14,16H,4-5,7,10-11H2,1-3H3,(H,22,27)/t14-,16-/m0/s1. The van der Waals surface area contributed by atoms with Gasteiger partial charge in [-0.05, 0) is 45.6 Å². The lowest BCUT2D eigenvalue weighted by atomic mass is 9.96. The van der Waals surface area contributed by atoms with Crippen molar-refractivity contribution >= 4 is 17.4 Å². The fourth-order valence-electron chi connectivity index (χ4n) is 4.01. The Bertz CT molecular complexity index is 978. The van der Waals surface area contributed by atoms with Crippen molar-refractivity contribution in [1.29, 1.82) is 0 Å². The van der Waals surface area contributed by atoms with Crippen molar-refractivity contribution < 1.29 is 9.21 Å². The van der Waals surface area contributed by atoms with Gasteiger partial charge < -0.3 is 14.6 Å². The maximum atomic E-state index is 12.6. The topological polar surface area (TPSA) is 88.6 Å². The Kier molecular flexibility index (Phi) is 5.02. The third kappa shape index (κ3) is 3.58. The van der Waals surface area contributed by atoms with Gasteiger partial charge in [-0.2, -0.15) is 0 Å². The van der Waals surface area contributed by atoms with Gasteiger partial charge in [0.05, 0.1) is 5.92 Å². The number of aryl methyl sites for hydroxylation is 2. The number of anilines is 1. The van der Waals surface area contributed by atoms with E-state index in [1.54, 1.807) is 12.5 Å². The van der Waals surface area contributed by atoms with Gasteiger partial charge in [-0.3, -0.25) is 9.20 Å². The molecular weight excluding hydrogens is 356 g/mol. The van der Waals surface area contributed by atoms with Gasteiger partial charge in [0.2, 0.25) is 11.6 Å². The van der Waals surface area contributed by atoms with Gasteiger partial charge >= 0.3 is 0 Å². The Hall–Kier alpha value is -2.90. The largest absolute Gasteiger partial charge is 0.466 e. The van der Waals surface area contributed by atoms with Crippen molar-refractivity contribution in [3.63, 3.8) is 0 Å². The summed E-state index contributed by atoms with van der Waals surface area (Å²) >= 11 is 0. The number of amides is 1. The average molecular weight is 382 g/mol. The second-order valence-electron chi connectivity index (χ2n) is 7.60. The van der Waals surface area contributed by atoms with Gasteiger partial charge in [-0.1, -0.05) is 0 Å². The summed E-state index contributed by atoms with van der Waals surface area (Å²) in [4.78, 5) is 19.4. The number of furan rings is 1. The van der Waals surface area contributed by atoms with E-state index in [0.29, 0.717) is 12.5 Å². The van der Waals surface area contributed by atoms with Crippen molar-refractivity contribution in [3.8, 4) is 0 Å². The molecule has 0 saturated carbocycles. The minimum Gasteiger partial charge on any atom is -0.466 e. The molecule has 8 nitrogen and oxygen atoms in total. The highest BCUT2D eigenvalue weighted by atomic mass is 16.3. The molecule has 3 aromatic heterocycles. The number of carbonyl (C=O) groups excluding carboxylic acids is 1. The Morgan fingerprint density at radius 3 is 3.07 bits per heavy atom. The van der Waals surface area contributed by atoms with E-state index in [0.717, 1.165) is 54.5 Å². The highest BCUT2D eigenvalue weighted by Crippen LogP contribution is 2.25. The number of nitrogens with one attached hydrogen (secondary N) is 1. The van der Waals surface area contributed by atoms with Crippen molar-refractivity contribution in [2.75, 3.05) is 24.5 Å². The SMILES string of the molecule is Cc1cc([C@H](C)C(=O)NC[C@@H]2CCCN(c3nccn4cnnc34)C2)c(C)o1. The molecule has 4 heterocycles. The molecule has 1 N–H and O–H groups in total. The molecule has 1 saturated heterocycles. The molecule has 1 amide bonds. The summed E-state index contributed by atoms with van der Waals surface area (Å²) in [6, 6.07) is 1.95. The number of aromatic nitrogens is 4. The van der Waals surface area contributed by atoms with Crippen LogP contribution in [0.3, 0.4) is 0 Å². The van der Waals surface area contributed by atoms with E-state index in [4.69, 9.17) is 4.42 Å². The van der Waals surface area contributed by atoms with Crippen LogP contribution in [-0.2, 0) is 4.79 Å². The zero-order valence-corrected chi connectivity index (χ0v) is 16.6. The zero-order valence-electron chi connectivity index (χ0n) is 16.6. The number of hydrogen-bond donors (Lipinski definition) is 1. The molecular formula is C20H26N6O2. The molecule has 3 aromatic rings. The molecule has 0 aliphatic carbocycles. The lowest BCUT2D eigenvalue weighted by molar-refractivity contribution is -0.122. The van der Waals surface area contributed by atoms with Crippen molar-refractivity contribution in [3.05, 3.63) is 41.9 Å². The van der Waals surface area contributed by atoms with Crippen LogP contribution in [0.25, 0.3) is 5.65 Å². The first-order valence-corrected chi connectivity index (χ1v) is 9.77. The molecule has 28 heavy (non-hydrogen) atoms. The Balaban J connectivity index is 1.38. The number of fused-ring (bicyclic) bond motifs is 1. The van der Waals surface area contributed by atoms with Crippen LogP contribution in [-0.4, -0.2) is 45.1 Å². The summed E-state index contributed by atoms with van der Waals surface area (Å²) in [5, 5.41) is 11.3. The second-order valence-corrected chi connectivity index (χ2v) is 7.60. The summed E-state index contributed by atoms with van der Waals surface area (Å²) in [5.41, 5.74) is 1.73. The van der Waals surface area contributed by atoms with Crippen LogP contribution in [0.2, 0.25) is 0 Å². The number of carbonyl (C=O) groups is 1. The van der Waals surface area contributed by atoms with E-state index < -0.39 is 0 Å². The summed E-state index contributed by atoms with van der Waals surface area (Å²) in [6.07, 6.45) is 7.45. The van der Waals surface area contributed by atoms with Crippen LogP contribution in [0.1, 0.15) is 42.8 Å². The van der Waals surface area contributed by atoms with E-state index in [-0.39, 0.29) is 11.8 Å². The molecule has 1 fully saturated rings. The van der Waals surface area contributed by atoms with Crippen LogP contribution in [0.4, 0.5) is 5.82 Å². The fourth-order valence-corrected chi connectivity index (χ4v) is 4.01. The molecule has 4 rings (SSSR count). The van der Waals surface area contributed by atoms with Gasteiger partial charge in [0, 0.05) is 37.6 Å². The molecule has 148 valence electrons. The van der Waals surface area contributed by atoms with Crippen LogP contribution in [0.15, 0.2) is 29.2 Å². The average Bonchev–Trinajstić information content (AvgIpc) is 3.31. The number of nitrogens with zero attached hydrogens (tertiary/aromatic N) is 5. The third-order valence-electron chi connectivity index (χ3n) is 5.52. The number of piperidine rings is 1. The normalized spacial score (nSPS) is 18.4. The minimum absolute atomic E-state index is 0.0405. The van der Waals surface area contributed by atoms with Gasteiger partial charge in [0.15, 0.2) is 5.82 Å². The van der Waals surface area contributed by atoms with E-state index in [1.165, 1.54) is 0 Å². The minimum atomic E-state index is -0.219. The Morgan fingerprint density at radius 2 is 2.29 bits per heavy atom. The molecule has 0 bridgehead atoms. The smallest absolute Gasteiger partial charge is 0.227 e. The highest BCUT2D eigenvalue weighted by Gasteiger charge is 2.25. The Labute approximate surface area is 164 Å². The second kappa shape index (κ2) is 7.61. The van der Waals surface area contributed by atoms with Crippen LogP contribution >= 0.6 is 0 Å². The predicted octanol–water partition coefficient (Wildman–Crippen LogP) is 2.47. The van der Waals surface area contributed by atoms with Crippen molar-refractivity contribution in [2.45, 2.75) is 39.5 Å². The van der Waals surface area contributed by atoms with E-state index >= 15 is 0 Å². The van der Waals surface area contributed by atoms with Gasteiger partial charge in [-0.15, -0.1) is 10.2 Å². The van der Waals surface area contributed by atoms with Gasteiger partial charge in [0.1, 0.15) is 17.8 Å². The van der Waals surface area contributed by atoms with Crippen LogP contribution in [0, 0.1) is 19.8 Å². The van der Waals surface area contributed by atoms with Crippen LogP contribution < -0.4 is 10.2 Å². The van der Waals surface area contributed by atoms with E-state index in [2.05, 4.69) is 25.4 Å².